The molecule has 1 unspecified atom stereocenters. The molecule has 0 amide bonds. The molecule has 1 aliphatic rings. The van der Waals surface area contributed by atoms with Gasteiger partial charge in [0.05, 0.1) is 18.6 Å². The van der Waals surface area contributed by atoms with Crippen LogP contribution >= 0.6 is 0 Å². The Hall–Kier alpha value is -1.81. The summed E-state index contributed by atoms with van der Waals surface area (Å²) in [6.45, 7) is 8.39. The van der Waals surface area contributed by atoms with Crippen LogP contribution in [0.15, 0.2) is 36.8 Å². The van der Waals surface area contributed by atoms with Crippen LogP contribution in [-0.4, -0.2) is 22.1 Å². The summed E-state index contributed by atoms with van der Waals surface area (Å²) in [5, 5.41) is 3.59. The lowest BCUT2D eigenvalue weighted by molar-refractivity contribution is 0.545. The van der Waals surface area contributed by atoms with E-state index < -0.39 is 0 Å². The summed E-state index contributed by atoms with van der Waals surface area (Å²) in [4.78, 5) is 6.80. The summed E-state index contributed by atoms with van der Waals surface area (Å²) in [6, 6.07) is 9.19. The minimum absolute atomic E-state index is 0.486. The molecule has 1 aromatic carbocycles. The molecule has 0 bridgehead atoms. The molecule has 1 aliphatic heterocycles. The average molecular weight is 284 g/mol. The highest BCUT2D eigenvalue weighted by Gasteiger charge is 2.19. The van der Waals surface area contributed by atoms with Crippen molar-refractivity contribution in [3.8, 4) is 0 Å². The minimum Gasteiger partial charge on any atom is -0.364 e. The Morgan fingerprint density at radius 3 is 3.05 bits per heavy atom. The van der Waals surface area contributed by atoms with Crippen molar-refractivity contribution >= 4 is 5.69 Å². The van der Waals surface area contributed by atoms with Gasteiger partial charge in [0.2, 0.25) is 0 Å². The molecule has 4 nitrogen and oxygen atoms in total. The van der Waals surface area contributed by atoms with Crippen LogP contribution in [0, 0.1) is 0 Å². The molecule has 1 N–H and O–H groups in total. The van der Waals surface area contributed by atoms with E-state index in [1.165, 1.54) is 16.9 Å². The largest absolute Gasteiger partial charge is 0.364 e. The summed E-state index contributed by atoms with van der Waals surface area (Å²) >= 11 is 0. The Labute approximate surface area is 126 Å². The first kappa shape index (κ1) is 14.1. The number of hydrogen-bond acceptors (Lipinski definition) is 3. The maximum Gasteiger partial charge on any atom is 0.0948 e. The molecule has 1 aromatic heterocycles. The van der Waals surface area contributed by atoms with E-state index in [1.54, 1.807) is 0 Å². The molecule has 2 aromatic rings. The van der Waals surface area contributed by atoms with E-state index in [9.17, 15) is 0 Å². The lowest BCUT2D eigenvalue weighted by Crippen LogP contribution is -2.36. The van der Waals surface area contributed by atoms with E-state index in [0.29, 0.717) is 6.04 Å². The van der Waals surface area contributed by atoms with Gasteiger partial charge in [-0.1, -0.05) is 25.1 Å². The molecule has 0 saturated heterocycles. The third kappa shape index (κ3) is 3.10. The number of imidazole rings is 1. The van der Waals surface area contributed by atoms with Gasteiger partial charge in [-0.2, -0.15) is 0 Å². The summed E-state index contributed by atoms with van der Waals surface area (Å²) in [5.74, 6) is 0. The van der Waals surface area contributed by atoms with Gasteiger partial charge in [0.15, 0.2) is 0 Å². The minimum atomic E-state index is 0.486. The average Bonchev–Trinajstić information content (AvgIpc) is 2.85. The number of rotatable bonds is 4. The zero-order valence-electron chi connectivity index (χ0n) is 12.9. The van der Waals surface area contributed by atoms with Crippen LogP contribution in [0.2, 0.25) is 0 Å². The number of aryl methyl sites for hydroxylation is 1. The highest BCUT2D eigenvalue weighted by atomic mass is 15.2. The van der Waals surface area contributed by atoms with Crippen LogP contribution in [0.25, 0.3) is 0 Å². The quantitative estimate of drug-likeness (QED) is 0.937. The molecule has 0 saturated carbocycles. The first-order valence-electron chi connectivity index (χ1n) is 7.83. The molecule has 0 spiro atoms. The molecule has 1 atom stereocenters. The van der Waals surface area contributed by atoms with Crippen molar-refractivity contribution in [3.63, 3.8) is 0 Å². The van der Waals surface area contributed by atoms with Crippen LogP contribution in [0.5, 0.6) is 0 Å². The monoisotopic (exact) mass is 284 g/mol. The third-order valence-corrected chi connectivity index (χ3v) is 4.08. The van der Waals surface area contributed by atoms with Gasteiger partial charge in [0.25, 0.3) is 0 Å². The number of aromatic nitrogens is 2. The Bertz CT molecular complexity index is 590. The van der Waals surface area contributed by atoms with Crippen molar-refractivity contribution in [2.24, 2.45) is 0 Å². The van der Waals surface area contributed by atoms with E-state index in [0.717, 1.165) is 32.6 Å². The normalized spacial score (nSPS) is 18.4. The molecular weight excluding hydrogens is 260 g/mol. The fourth-order valence-corrected chi connectivity index (χ4v) is 3.01. The summed E-state index contributed by atoms with van der Waals surface area (Å²) < 4.78 is 2.27. The zero-order valence-corrected chi connectivity index (χ0v) is 12.9. The van der Waals surface area contributed by atoms with E-state index >= 15 is 0 Å². The molecule has 112 valence electrons. The molecule has 3 rings (SSSR count). The van der Waals surface area contributed by atoms with E-state index in [4.69, 9.17) is 0 Å². The Kier molecular flexibility index (Phi) is 4.25. The van der Waals surface area contributed by atoms with Crippen molar-refractivity contribution in [2.75, 3.05) is 11.4 Å². The van der Waals surface area contributed by atoms with Gasteiger partial charge in [-0.25, -0.2) is 4.98 Å². The second kappa shape index (κ2) is 6.31. The lowest BCUT2D eigenvalue weighted by Gasteiger charge is -2.26. The lowest BCUT2D eigenvalue weighted by atomic mass is 10.1. The fourth-order valence-electron chi connectivity index (χ4n) is 3.01. The van der Waals surface area contributed by atoms with Crippen molar-refractivity contribution in [1.82, 2.24) is 14.9 Å². The molecule has 4 heteroatoms. The van der Waals surface area contributed by atoms with E-state index in [-0.39, 0.29) is 0 Å². The van der Waals surface area contributed by atoms with Crippen molar-refractivity contribution < 1.29 is 0 Å². The molecular formula is C17H24N4. The Morgan fingerprint density at radius 1 is 1.33 bits per heavy atom. The predicted molar refractivity (Wildman–Crippen MR) is 86.3 cm³/mol. The van der Waals surface area contributed by atoms with Gasteiger partial charge >= 0.3 is 0 Å². The first-order valence-corrected chi connectivity index (χ1v) is 7.83. The summed E-state index contributed by atoms with van der Waals surface area (Å²) in [7, 11) is 0. The van der Waals surface area contributed by atoms with Gasteiger partial charge in [0.1, 0.15) is 0 Å². The molecule has 21 heavy (non-hydrogen) atoms. The van der Waals surface area contributed by atoms with Gasteiger partial charge < -0.3 is 14.8 Å². The number of anilines is 1. The molecule has 0 fully saturated rings. The van der Waals surface area contributed by atoms with Crippen LogP contribution in [0.4, 0.5) is 5.69 Å². The number of fused-ring (bicyclic) bond motifs is 1. The second-order valence-electron chi connectivity index (χ2n) is 5.87. The first-order chi connectivity index (χ1) is 10.3. The van der Waals surface area contributed by atoms with Gasteiger partial charge in [0, 0.05) is 37.6 Å². The molecule has 2 heterocycles. The van der Waals surface area contributed by atoms with Gasteiger partial charge in [-0.15, -0.1) is 0 Å². The van der Waals surface area contributed by atoms with Crippen LogP contribution < -0.4 is 10.2 Å². The van der Waals surface area contributed by atoms with E-state index in [1.807, 2.05) is 12.5 Å². The van der Waals surface area contributed by atoms with Gasteiger partial charge in [-0.05, 0) is 25.0 Å². The SMILES string of the molecule is CCCn1cncc1CN1CC(C)NCc2ccccc21. The number of para-hydroxylation sites is 1. The third-order valence-electron chi connectivity index (χ3n) is 4.08. The predicted octanol–water partition coefficient (Wildman–Crippen LogP) is 2.79. The number of hydrogen-bond donors (Lipinski definition) is 1. The number of nitrogens with zero attached hydrogens (tertiary/aromatic N) is 3. The summed E-state index contributed by atoms with van der Waals surface area (Å²) in [5.41, 5.74) is 4.02. The van der Waals surface area contributed by atoms with Crippen molar-refractivity contribution in [3.05, 3.63) is 48.0 Å². The Balaban J connectivity index is 1.87. The maximum atomic E-state index is 4.33. The van der Waals surface area contributed by atoms with Crippen LogP contribution in [0.3, 0.4) is 0 Å². The Morgan fingerprint density at radius 2 is 2.19 bits per heavy atom. The van der Waals surface area contributed by atoms with Gasteiger partial charge in [-0.3, -0.25) is 0 Å². The molecule has 0 radical (unpaired) electrons. The van der Waals surface area contributed by atoms with Crippen molar-refractivity contribution in [1.29, 1.82) is 0 Å². The zero-order chi connectivity index (χ0) is 14.7. The second-order valence-corrected chi connectivity index (χ2v) is 5.87. The van der Waals surface area contributed by atoms with Crippen LogP contribution in [0.1, 0.15) is 31.5 Å². The topological polar surface area (TPSA) is 33.1 Å². The standard InChI is InChI=1S/C17H24N4/c1-3-8-20-13-18-10-16(20)12-21-11-14(2)19-9-15-6-4-5-7-17(15)21/h4-7,10,13-14,19H,3,8-9,11-12H2,1-2H3. The maximum absolute atomic E-state index is 4.33. The number of nitrogens with one attached hydrogen (secondary N) is 1. The van der Waals surface area contributed by atoms with E-state index in [2.05, 4.69) is 57.9 Å². The smallest absolute Gasteiger partial charge is 0.0948 e. The number of benzene rings is 1. The van der Waals surface area contributed by atoms with Crippen LogP contribution in [-0.2, 0) is 19.6 Å². The fraction of sp³-hybridized carbons (Fsp3) is 0.471. The molecule has 0 aliphatic carbocycles. The summed E-state index contributed by atoms with van der Waals surface area (Å²) in [6.07, 6.45) is 5.09. The highest BCUT2D eigenvalue weighted by Crippen LogP contribution is 2.25. The highest BCUT2D eigenvalue weighted by molar-refractivity contribution is 5.54. The van der Waals surface area contributed by atoms with Crippen molar-refractivity contribution in [2.45, 2.75) is 45.9 Å².